The summed E-state index contributed by atoms with van der Waals surface area (Å²) in [4.78, 5) is 12.4. The van der Waals surface area contributed by atoms with Crippen molar-refractivity contribution in [2.45, 2.75) is 63.8 Å². The minimum absolute atomic E-state index is 0.0434. The van der Waals surface area contributed by atoms with E-state index in [9.17, 15) is 13.2 Å². The molecule has 0 aromatic heterocycles. The van der Waals surface area contributed by atoms with Crippen molar-refractivity contribution in [3.05, 3.63) is 29.8 Å². The van der Waals surface area contributed by atoms with E-state index in [2.05, 4.69) is 30.8 Å². The summed E-state index contributed by atoms with van der Waals surface area (Å²) in [7, 11) is -0.886. The van der Waals surface area contributed by atoms with Gasteiger partial charge in [0, 0.05) is 12.1 Å². The average Bonchev–Trinajstić information content (AvgIpc) is 2.72. The summed E-state index contributed by atoms with van der Waals surface area (Å²) < 4.78 is 31.7. The highest BCUT2D eigenvalue weighted by atomic mass is 32.2. The molecule has 1 fully saturated rings. The summed E-state index contributed by atoms with van der Waals surface area (Å²) in [5, 5.41) is 3.08. The lowest BCUT2D eigenvalue weighted by Crippen LogP contribution is -2.39. The van der Waals surface area contributed by atoms with Crippen molar-refractivity contribution in [2.24, 2.45) is 11.3 Å². The molecule has 0 radical (unpaired) electrons. The van der Waals surface area contributed by atoms with Crippen LogP contribution >= 0.6 is 0 Å². The minimum Gasteiger partial charge on any atom is -0.495 e. The molecule has 0 aliphatic heterocycles. The molecule has 1 aromatic rings. The molecular weight excluding hydrogens is 388 g/mol. The zero-order valence-electron chi connectivity index (χ0n) is 18.1. The van der Waals surface area contributed by atoms with Gasteiger partial charge in [0.15, 0.2) is 0 Å². The van der Waals surface area contributed by atoms with E-state index < -0.39 is 10.0 Å². The number of amides is 1. The third-order valence-electron chi connectivity index (χ3n) is 6.26. The molecule has 2 N–H and O–H groups in total. The normalized spacial score (nSPS) is 20.6. The molecule has 0 unspecified atom stereocenters. The minimum atomic E-state index is -3.65. The Morgan fingerprint density at radius 2 is 1.90 bits per heavy atom. The Morgan fingerprint density at radius 1 is 1.24 bits per heavy atom. The predicted molar refractivity (Wildman–Crippen MR) is 116 cm³/mol. The predicted octanol–water partition coefficient (Wildman–Crippen LogP) is 3.73. The van der Waals surface area contributed by atoms with E-state index in [4.69, 9.17) is 4.74 Å². The van der Waals surface area contributed by atoms with Crippen LogP contribution in [0.15, 0.2) is 29.2 Å². The van der Waals surface area contributed by atoms with Crippen LogP contribution in [-0.4, -0.2) is 34.5 Å². The summed E-state index contributed by atoms with van der Waals surface area (Å²) in [6.45, 7) is 6.90. The smallest absolute Gasteiger partial charge is 0.244 e. The molecule has 2 rings (SSSR count). The SMILES string of the molecule is CCC(C)(C)C1CCC(NC(=O)/C=C/c2ccc(OC)c(S(=O)(=O)NC)c2)CC1. The standard InChI is InChI=1S/C22H34N2O4S/c1-6-22(2,3)17-9-11-18(12-10-17)24-21(25)14-8-16-7-13-19(28-5)20(15-16)29(26,27)23-4/h7-8,13-15,17-18,23H,6,9-12H2,1-5H3,(H,24,25)/b14-8+. The molecule has 6 nitrogen and oxygen atoms in total. The van der Waals surface area contributed by atoms with E-state index in [-0.39, 0.29) is 22.6 Å². The third kappa shape index (κ3) is 6.06. The number of carbonyl (C=O) groups excluding carboxylic acids is 1. The Kier molecular flexibility index (Phi) is 7.88. The van der Waals surface area contributed by atoms with Crippen LogP contribution in [0.3, 0.4) is 0 Å². The molecular formula is C22H34N2O4S. The number of rotatable bonds is 8. The summed E-state index contributed by atoms with van der Waals surface area (Å²) >= 11 is 0. The number of nitrogens with one attached hydrogen (secondary N) is 2. The van der Waals surface area contributed by atoms with E-state index in [0.717, 1.165) is 25.7 Å². The summed E-state index contributed by atoms with van der Waals surface area (Å²) in [6.07, 6.45) is 8.53. The van der Waals surface area contributed by atoms with Crippen LogP contribution in [-0.2, 0) is 14.8 Å². The van der Waals surface area contributed by atoms with Crippen LogP contribution in [0.1, 0.15) is 58.4 Å². The van der Waals surface area contributed by atoms with Crippen LogP contribution < -0.4 is 14.8 Å². The van der Waals surface area contributed by atoms with E-state index in [1.165, 1.54) is 32.7 Å². The number of sulfonamides is 1. The van der Waals surface area contributed by atoms with Gasteiger partial charge in [0.2, 0.25) is 15.9 Å². The highest BCUT2D eigenvalue weighted by molar-refractivity contribution is 7.89. The van der Waals surface area contributed by atoms with Crippen molar-refractivity contribution in [3.63, 3.8) is 0 Å². The number of benzene rings is 1. The largest absolute Gasteiger partial charge is 0.495 e. The second-order valence-corrected chi connectivity index (χ2v) is 10.2. The Labute approximate surface area is 175 Å². The maximum absolute atomic E-state index is 12.3. The Hall–Kier alpha value is -1.86. The molecule has 1 amide bonds. The van der Waals surface area contributed by atoms with Crippen LogP contribution in [0.5, 0.6) is 5.75 Å². The molecule has 0 spiro atoms. The van der Waals surface area contributed by atoms with Gasteiger partial charge < -0.3 is 10.1 Å². The fraction of sp³-hybridized carbons (Fsp3) is 0.591. The lowest BCUT2D eigenvalue weighted by atomic mass is 9.69. The molecule has 162 valence electrons. The van der Waals surface area contributed by atoms with Gasteiger partial charge in [0.05, 0.1) is 7.11 Å². The van der Waals surface area contributed by atoms with E-state index in [1.807, 2.05) is 0 Å². The summed E-state index contributed by atoms with van der Waals surface area (Å²) in [5.41, 5.74) is 0.970. The van der Waals surface area contributed by atoms with Crippen molar-refractivity contribution >= 4 is 22.0 Å². The molecule has 0 atom stereocenters. The first kappa shape index (κ1) is 23.4. The van der Waals surface area contributed by atoms with E-state index in [1.54, 1.807) is 18.2 Å². The van der Waals surface area contributed by atoms with Crippen molar-refractivity contribution in [3.8, 4) is 5.75 Å². The lowest BCUT2D eigenvalue weighted by molar-refractivity contribution is -0.117. The molecule has 0 saturated heterocycles. The number of ether oxygens (including phenoxy) is 1. The Balaban J connectivity index is 1.99. The quantitative estimate of drug-likeness (QED) is 0.625. The highest BCUT2D eigenvalue weighted by Crippen LogP contribution is 2.40. The first-order valence-corrected chi connectivity index (χ1v) is 11.7. The van der Waals surface area contributed by atoms with Gasteiger partial charge in [-0.15, -0.1) is 0 Å². The van der Waals surface area contributed by atoms with Crippen LogP contribution in [0.25, 0.3) is 6.08 Å². The second-order valence-electron chi connectivity index (χ2n) is 8.35. The number of carbonyl (C=O) groups is 1. The second kappa shape index (κ2) is 9.76. The number of methoxy groups -OCH3 is 1. The van der Waals surface area contributed by atoms with Gasteiger partial charge in [-0.25, -0.2) is 13.1 Å². The van der Waals surface area contributed by atoms with Crippen molar-refractivity contribution in [2.75, 3.05) is 14.2 Å². The van der Waals surface area contributed by atoms with Crippen LogP contribution in [0.4, 0.5) is 0 Å². The molecule has 1 saturated carbocycles. The van der Waals surface area contributed by atoms with Crippen molar-refractivity contribution in [1.82, 2.24) is 10.0 Å². The summed E-state index contributed by atoms with van der Waals surface area (Å²) in [5.74, 6) is 0.813. The fourth-order valence-electron chi connectivity index (χ4n) is 3.85. The van der Waals surface area contributed by atoms with Gasteiger partial charge in [0.1, 0.15) is 10.6 Å². The molecule has 1 aliphatic rings. The first-order valence-electron chi connectivity index (χ1n) is 10.2. The zero-order chi connectivity index (χ0) is 21.7. The van der Waals surface area contributed by atoms with Crippen molar-refractivity contribution < 1.29 is 17.9 Å². The number of hydrogen-bond acceptors (Lipinski definition) is 4. The van der Waals surface area contributed by atoms with Gasteiger partial charge in [0.25, 0.3) is 0 Å². The Bertz CT molecular complexity index is 838. The molecule has 0 bridgehead atoms. The van der Waals surface area contributed by atoms with Gasteiger partial charge in [-0.05, 0) is 67.8 Å². The summed E-state index contributed by atoms with van der Waals surface area (Å²) in [6, 6.07) is 4.99. The molecule has 29 heavy (non-hydrogen) atoms. The van der Waals surface area contributed by atoms with Crippen molar-refractivity contribution in [1.29, 1.82) is 0 Å². The maximum Gasteiger partial charge on any atom is 0.244 e. The number of hydrogen-bond donors (Lipinski definition) is 2. The van der Waals surface area contributed by atoms with E-state index in [0.29, 0.717) is 16.9 Å². The zero-order valence-corrected chi connectivity index (χ0v) is 18.9. The maximum atomic E-state index is 12.3. The van der Waals surface area contributed by atoms with Gasteiger partial charge in [-0.2, -0.15) is 0 Å². The Morgan fingerprint density at radius 3 is 2.45 bits per heavy atom. The van der Waals surface area contributed by atoms with Gasteiger partial charge in [-0.3, -0.25) is 4.79 Å². The molecule has 0 heterocycles. The fourth-order valence-corrected chi connectivity index (χ4v) is 4.77. The molecule has 1 aliphatic carbocycles. The lowest BCUT2D eigenvalue weighted by Gasteiger charge is -2.39. The topological polar surface area (TPSA) is 84.5 Å². The van der Waals surface area contributed by atoms with Gasteiger partial charge in [-0.1, -0.05) is 33.3 Å². The first-order chi connectivity index (χ1) is 13.6. The van der Waals surface area contributed by atoms with Gasteiger partial charge >= 0.3 is 0 Å². The average molecular weight is 423 g/mol. The monoisotopic (exact) mass is 422 g/mol. The molecule has 1 aromatic carbocycles. The highest BCUT2D eigenvalue weighted by Gasteiger charge is 2.32. The van der Waals surface area contributed by atoms with Crippen LogP contribution in [0, 0.1) is 11.3 Å². The third-order valence-corrected chi connectivity index (χ3v) is 7.70. The van der Waals surface area contributed by atoms with Crippen LogP contribution in [0.2, 0.25) is 0 Å². The molecule has 7 heteroatoms. The van der Waals surface area contributed by atoms with E-state index >= 15 is 0 Å².